The minimum absolute atomic E-state index is 0.208. The third-order valence-electron chi connectivity index (χ3n) is 2.78. The molecule has 17 heavy (non-hydrogen) atoms. The van der Waals surface area contributed by atoms with Gasteiger partial charge >= 0.3 is 0 Å². The average Bonchev–Trinajstić information content (AvgIpc) is 2.85. The number of nitrogens with two attached hydrogens (primary N) is 1. The molecule has 2 aromatic heterocycles. The fourth-order valence-electron chi connectivity index (χ4n) is 1.95. The molecular formula is C12H16BrN3S. The van der Waals surface area contributed by atoms with E-state index >= 15 is 0 Å². The summed E-state index contributed by atoms with van der Waals surface area (Å²) in [5.74, 6) is 1.15. The Labute approximate surface area is 114 Å². The lowest BCUT2D eigenvalue weighted by Gasteiger charge is -2.21. The Balaban J connectivity index is 2.51. The Morgan fingerprint density at radius 2 is 2.18 bits per heavy atom. The van der Waals surface area contributed by atoms with Crippen LogP contribution in [0.3, 0.4) is 0 Å². The van der Waals surface area contributed by atoms with E-state index in [9.17, 15) is 0 Å². The van der Waals surface area contributed by atoms with Gasteiger partial charge in [-0.15, -0.1) is 11.3 Å². The average molecular weight is 314 g/mol. The zero-order valence-corrected chi connectivity index (χ0v) is 12.5. The lowest BCUT2D eigenvalue weighted by molar-refractivity contribution is 0.412. The number of aromatic nitrogens is 2. The van der Waals surface area contributed by atoms with Crippen LogP contribution in [-0.2, 0) is 0 Å². The first-order valence-corrected chi connectivity index (χ1v) is 7.23. The Hall–Kier alpha value is -0.810. The molecule has 0 saturated carbocycles. The maximum Gasteiger partial charge on any atom is 0.137 e. The van der Waals surface area contributed by atoms with Gasteiger partial charge in [-0.2, -0.15) is 5.10 Å². The predicted octanol–water partition coefficient (Wildman–Crippen LogP) is 3.84. The van der Waals surface area contributed by atoms with Gasteiger partial charge in [0.05, 0.1) is 16.2 Å². The minimum atomic E-state index is 0.208. The Morgan fingerprint density at radius 3 is 2.59 bits per heavy atom. The molecule has 2 N–H and O–H groups in total. The van der Waals surface area contributed by atoms with Crippen LogP contribution in [-0.4, -0.2) is 9.78 Å². The second-order valence-electron chi connectivity index (χ2n) is 4.43. The Morgan fingerprint density at radius 1 is 1.47 bits per heavy atom. The first kappa shape index (κ1) is 12.6. The highest BCUT2D eigenvalue weighted by Gasteiger charge is 2.23. The number of anilines is 1. The van der Waals surface area contributed by atoms with Gasteiger partial charge in [-0.1, -0.05) is 19.9 Å². The molecule has 0 saturated heterocycles. The van der Waals surface area contributed by atoms with Gasteiger partial charge in [0.15, 0.2) is 0 Å². The standard InChI is InChI=1S/C12H16BrN3S/c1-7(2)11(9-5-4-6-17-9)16-12(14)10(13)8(3)15-16/h4-7,11H,14H2,1-3H3. The predicted molar refractivity (Wildman–Crippen MR) is 76.4 cm³/mol. The lowest BCUT2D eigenvalue weighted by atomic mass is 10.0. The van der Waals surface area contributed by atoms with Gasteiger partial charge in [0.25, 0.3) is 0 Å². The van der Waals surface area contributed by atoms with Gasteiger partial charge in [-0.3, -0.25) is 0 Å². The number of aryl methyl sites for hydroxylation is 1. The molecule has 0 bridgehead atoms. The van der Waals surface area contributed by atoms with Crippen molar-refractivity contribution in [2.75, 3.05) is 5.73 Å². The number of rotatable bonds is 3. The summed E-state index contributed by atoms with van der Waals surface area (Å²) in [5.41, 5.74) is 7.04. The monoisotopic (exact) mass is 313 g/mol. The first-order valence-electron chi connectivity index (χ1n) is 5.55. The highest BCUT2D eigenvalue weighted by atomic mass is 79.9. The van der Waals surface area contributed by atoms with E-state index in [1.807, 2.05) is 11.6 Å². The summed E-state index contributed by atoms with van der Waals surface area (Å²) in [6, 6.07) is 4.41. The highest BCUT2D eigenvalue weighted by Crippen LogP contribution is 2.34. The fourth-order valence-corrected chi connectivity index (χ4v) is 3.19. The van der Waals surface area contributed by atoms with Gasteiger partial charge in [0, 0.05) is 4.88 Å². The van der Waals surface area contributed by atoms with Crippen molar-refractivity contribution >= 4 is 33.1 Å². The molecule has 2 heterocycles. The normalized spacial score (nSPS) is 13.2. The van der Waals surface area contributed by atoms with Gasteiger partial charge < -0.3 is 5.73 Å². The number of halogens is 1. The van der Waals surface area contributed by atoms with E-state index in [-0.39, 0.29) is 6.04 Å². The van der Waals surface area contributed by atoms with Crippen LogP contribution in [0, 0.1) is 12.8 Å². The molecule has 92 valence electrons. The van der Waals surface area contributed by atoms with Crippen molar-refractivity contribution in [3.05, 3.63) is 32.6 Å². The molecule has 1 unspecified atom stereocenters. The molecule has 0 aliphatic heterocycles. The second-order valence-corrected chi connectivity index (χ2v) is 6.21. The van der Waals surface area contributed by atoms with Crippen LogP contribution in [0.5, 0.6) is 0 Å². The molecule has 0 fully saturated rings. The maximum atomic E-state index is 6.11. The summed E-state index contributed by atoms with van der Waals surface area (Å²) < 4.78 is 2.83. The van der Waals surface area contributed by atoms with Crippen molar-refractivity contribution in [1.82, 2.24) is 9.78 Å². The van der Waals surface area contributed by atoms with Crippen molar-refractivity contribution in [2.45, 2.75) is 26.8 Å². The van der Waals surface area contributed by atoms with Gasteiger partial charge in [-0.05, 0) is 40.2 Å². The van der Waals surface area contributed by atoms with Crippen LogP contribution in [0.1, 0.15) is 30.5 Å². The molecule has 0 aromatic carbocycles. The van der Waals surface area contributed by atoms with Crippen molar-refractivity contribution in [1.29, 1.82) is 0 Å². The SMILES string of the molecule is Cc1nn(C(c2cccs2)C(C)C)c(N)c1Br. The van der Waals surface area contributed by atoms with E-state index in [1.165, 1.54) is 4.88 Å². The second kappa shape index (κ2) is 4.82. The van der Waals surface area contributed by atoms with Crippen LogP contribution in [0.15, 0.2) is 22.0 Å². The summed E-state index contributed by atoms with van der Waals surface area (Å²) >= 11 is 5.22. The van der Waals surface area contributed by atoms with E-state index < -0.39 is 0 Å². The van der Waals surface area contributed by atoms with Crippen molar-refractivity contribution < 1.29 is 0 Å². The topological polar surface area (TPSA) is 43.8 Å². The number of hydrogen-bond acceptors (Lipinski definition) is 3. The molecule has 2 aromatic rings. The number of thiophene rings is 1. The smallest absolute Gasteiger partial charge is 0.137 e. The lowest BCUT2D eigenvalue weighted by Crippen LogP contribution is -2.18. The van der Waals surface area contributed by atoms with Crippen molar-refractivity contribution in [2.24, 2.45) is 5.92 Å². The molecule has 0 amide bonds. The molecule has 0 spiro atoms. The highest BCUT2D eigenvalue weighted by molar-refractivity contribution is 9.10. The van der Waals surface area contributed by atoms with Crippen molar-refractivity contribution in [3.63, 3.8) is 0 Å². The summed E-state index contributed by atoms with van der Waals surface area (Å²) in [7, 11) is 0. The van der Waals surface area contributed by atoms with E-state index in [1.54, 1.807) is 11.3 Å². The van der Waals surface area contributed by atoms with Crippen LogP contribution < -0.4 is 5.73 Å². The quantitative estimate of drug-likeness (QED) is 0.935. The zero-order chi connectivity index (χ0) is 12.6. The molecule has 1 atom stereocenters. The van der Waals surface area contributed by atoms with E-state index in [4.69, 9.17) is 5.73 Å². The molecule has 0 aliphatic carbocycles. The number of hydrogen-bond donors (Lipinski definition) is 1. The molecule has 0 aliphatic rings. The molecule has 5 heteroatoms. The molecular weight excluding hydrogens is 298 g/mol. The van der Waals surface area contributed by atoms with Gasteiger partial charge in [0.2, 0.25) is 0 Å². The van der Waals surface area contributed by atoms with Crippen molar-refractivity contribution in [3.8, 4) is 0 Å². The maximum absolute atomic E-state index is 6.11. The van der Waals surface area contributed by atoms with Gasteiger partial charge in [0.1, 0.15) is 5.82 Å². The third-order valence-corrected chi connectivity index (χ3v) is 4.70. The summed E-state index contributed by atoms with van der Waals surface area (Å²) in [6.07, 6.45) is 0. The number of nitrogen functional groups attached to an aromatic ring is 1. The Bertz CT molecular complexity index is 502. The van der Waals surface area contributed by atoms with E-state index in [2.05, 4.69) is 52.4 Å². The number of nitrogens with zero attached hydrogens (tertiary/aromatic N) is 2. The van der Waals surface area contributed by atoms with Gasteiger partial charge in [-0.25, -0.2) is 4.68 Å². The van der Waals surface area contributed by atoms with Crippen LogP contribution in [0.4, 0.5) is 5.82 Å². The van der Waals surface area contributed by atoms with Crippen LogP contribution in [0.2, 0.25) is 0 Å². The van der Waals surface area contributed by atoms with Crippen LogP contribution >= 0.6 is 27.3 Å². The minimum Gasteiger partial charge on any atom is -0.383 e. The summed E-state index contributed by atoms with van der Waals surface area (Å²) in [6.45, 7) is 6.34. The third kappa shape index (κ3) is 2.26. The fraction of sp³-hybridized carbons (Fsp3) is 0.417. The molecule has 0 radical (unpaired) electrons. The van der Waals surface area contributed by atoms with E-state index in [0.29, 0.717) is 11.7 Å². The van der Waals surface area contributed by atoms with Crippen LogP contribution in [0.25, 0.3) is 0 Å². The molecule has 2 rings (SSSR count). The largest absolute Gasteiger partial charge is 0.383 e. The summed E-state index contributed by atoms with van der Waals surface area (Å²) in [4.78, 5) is 1.29. The Kier molecular flexibility index (Phi) is 3.58. The first-order chi connectivity index (χ1) is 8.02. The zero-order valence-electron chi connectivity index (χ0n) is 10.1. The molecule has 3 nitrogen and oxygen atoms in total. The summed E-state index contributed by atoms with van der Waals surface area (Å²) in [5, 5.41) is 6.63. The van der Waals surface area contributed by atoms with E-state index in [0.717, 1.165) is 10.2 Å².